The number of fused-ring (bicyclic) bond motifs is 1. The Bertz CT molecular complexity index is 1400. The van der Waals surface area contributed by atoms with Crippen LogP contribution in [0.3, 0.4) is 0 Å². The average Bonchev–Trinajstić information content (AvgIpc) is 3.28. The van der Waals surface area contributed by atoms with Gasteiger partial charge >= 0.3 is 0 Å². The first-order valence-corrected chi connectivity index (χ1v) is 11.3. The largest absolute Gasteiger partial charge is 0.489 e. The minimum atomic E-state index is -0.683. The van der Waals surface area contributed by atoms with Gasteiger partial charge in [-0.05, 0) is 48.4 Å². The van der Waals surface area contributed by atoms with Gasteiger partial charge in [0.25, 0.3) is 0 Å². The number of ether oxygens (including phenoxy) is 1. The number of carbonyl (C=O) groups is 1. The molecule has 1 N–H and O–H groups in total. The molecule has 3 heterocycles. The van der Waals surface area contributed by atoms with Crippen LogP contribution < -0.4 is 10.1 Å². The quantitative estimate of drug-likeness (QED) is 0.418. The Kier molecular flexibility index (Phi) is 6.22. The summed E-state index contributed by atoms with van der Waals surface area (Å²) < 4.78 is 34.3. The van der Waals surface area contributed by atoms with Crippen molar-refractivity contribution < 1.29 is 18.3 Å². The van der Waals surface area contributed by atoms with E-state index in [0.717, 1.165) is 18.1 Å². The van der Waals surface area contributed by atoms with Crippen molar-refractivity contribution in [2.24, 2.45) is 0 Å². The van der Waals surface area contributed by atoms with Crippen LogP contribution in [0, 0.1) is 11.6 Å². The first kappa shape index (κ1) is 22.6. The van der Waals surface area contributed by atoms with Crippen LogP contribution in [0.5, 0.6) is 5.75 Å². The zero-order valence-electron chi connectivity index (χ0n) is 19.1. The molecule has 1 fully saturated rings. The minimum absolute atomic E-state index is 0.110. The highest BCUT2D eigenvalue weighted by Gasteiger charge is 2.21. The van der Waals surface area contributed by atoms with Gasteiger partial charge in [-0.25, -0.2) is 18.7 Å². The van der Waals surface area contributed by atoms with Crippen LogP contribution in [-0.2, 0) is 4.79 Å². The Hall–Kier alpha value is -4.14. The van der Waals surface area contributed by atoms with Crippen molar-refractivity contribution in [3.8, 4) is 28.3 Å². The highest BCUT2D eigenvalue weighted by atomic mass is 19.1. The molecule has 7 nitrogen and oxygen atoms in total. The Morgan fingerprint density at radius 2 is 2.00 bits per heavy atom. The number of hydrogen-bond donors (Lipinski definition) is 1. The number of likely N-dealkylation sites (tertiary alicyclic amines) is 1. The summed E-state index contributed by atoms with van der Waals surface area (Å²) in [5.41, 5.74) is 1.98. The lowest BCUT2D eigenvalue weighted by Crippen LogP contribution is -2.29. The molecule has 2 aromatic heterocycles. The van der Waals surface area contributed by atoms with Gasteiger partial charge in [-0.15, -0.1) is 0 Å². The fourth-order valence-electron chi connectivity index (χ4n) is 4.21. The number of carbonyl (C=O) groups excluding carboxylic acids is 1. The summed E-state index contributed by atoms with van der Waals surface area (Å²) >= 11 is 0. The van der Waals surface area contributed by atoms with Gasteiger partial charge in [-0.2, -0.15) is 0 Å². The number of benzene rings is 2. The van der Waals surface area contributed by atoms with Crippen molar-refractivity contribution in [1.29, 1.82) is 0 Å². The van der Waals surface area contributed by atoms with E-state index in [1.165, 1.54) is 12.1 Å². The summed E-state index contributed by atoms with van der Waals surface area (Å²) in [4.78, 5) is 27.3. The topological polar surface area (TPSA) is 80.2 Å². The third-order valence-corrected chi connectivity index (χ3v) is 5.95. The highest BCUT2D eigenvalue weighted by Crippen LogP contribution is 2.36. The number of hydrogen-bond acceptors (Lipinski definition) is 6. The van der Waals surface area contributed by atoms with E-state index >= 15 is 0 Å². The number of pyridine rings is 1. The lowest BCUT2D eigenvalue weighted by molar-refractivity contribution is -0.128. The van der Waals surface area contributed by atoms with Gasteiger partial charge in [-0.3, -0.25) is 9.78 Å². The Morgan fingerprint density at radius 1 is 1.11 bits per heavy atom. The van der Waals surface area contributed by atoms with Crippen LogP contribution in [0.1, 0.15) is 12.8 Å². The predicted octanol–water partition coefficient (Wildman–Crippen LogP) is 4.68. The number of rotatable bonds is 7. The van der Waals surface area contributed by atoms with E-state index in [-0.39, 0.29) is 18.1 Å². The van der Waals surface area contributed by atoms with E-state index in [2.05, 4.69) is 15.3 Å². The Morgan fingerprint density at radius 3 is 2.71 bits per heavy atom. The molecule has 0 radical (unpaired) electrons. The van der Waals surface area contributed by atoms with Crippen molar-refractivity contribution in [3.05, 3.63) is 66.5 Å². The molecule has 1 amide bonds. The maximum Gasteiger partial charge on any atom is 0.222 e. The van der Waals surface area contributed by atoms with Gasteiger partial charge in [0.2, 0.25) is 5.91 Å². The van der Waals surface area contributed by atoms with Crippen LogP contribution >= 0.6 is 0 Å². The molecule has 0 bridgehead atoms. The van der Waals surface area contributed by atoms with E-state index in [1.54, 1.807) is 42.5 Å². The molecule has 0 spiro atoms. The van der Waals surface area contributed by atoms with Crippen molar-refractivity contribution in [3.63, 3.8) is 0 Å². The second kappa shape index (κ2) is 9.61. The molecular formula is C26H23F2N5O2. The van der Waals surface area contributed by atoms with E-state index in [9.17, 15) is 13.6 Å². The van der Waals surface area contributed by atoms with Gasteiger partial charge in [-0.1, -0.05) is 0 Å². The average molecular weight is 475 g/mol. The molecule has 178 valence electrons. The van der Waals surface area contributed by atoms with Gasteiger partial charge in [0.05, 0.1) is 6.54 Å². The summed E-state index contributed by atoms with van der Waals surface area (Å²) in [6.45, 7) is 1.40. The molecule has 1 aliphatic rings. The third kappa shape index (κ3) is 4.62. The molecule has 9 heteroatoms. The van der Waals surface area contributed by atoms with Crippen molar-refractivity contribution >= 4 is 22.6 Å². The number of amides is 1. The first-order valence-electron chi connectivity index (χ1n) is 11.3. The Labute approximate surface area is 200 Å². The van der Waals surface area contributed by atoms with Gasteiger partial charge in [0.15, 0.2) is 5.82 Å². The molecule has 5 rings (SSSR count). The summed E-state index contributed by atoms with van der Waals surface area (Å²) in [5.74, 6) is 0.167. The molecule has 35 heavy (non-hydrogen) atoms. The summed E-state index contributed by atoms with van der Waals surface area (Å²) in [6, 6.07) is 10.5. The number of halogens is 2. The van der Waals surface area contributed by atoms with Gasteiger partial charge < -0.3 is 15.0 Å². The number of anilines is 1. The van der Waals surface area contributed by atoms with E-state index in [0.29, 0.717) is 53.4 Å². The van der Waals surface area contributed by atoms with Crippen LogP contribution in [0.4, 0.5) is 14.6 Å². The lowest BCUT2D eigenvalue weighted by atomic mass is 10.0. The monoisotopic (exact) mass is 475 g/mol. The predicted molar refractivity (Wildman–Crippen MR) is 129 cm³/mol. The highest BCUT2D eigenvalue weighted by molar-refractivity contribution is 5.97. The molecule has 4 aromatic rings. The van der Waals surface area contributed by atoms with Crippen LogP contribution in [-0.4, -0.2) is 52.5 Å². The summed E-state index contributed by atoms with van der Waals surface area (Å²) in [5, 5.41) is 3.70. The minimum Gasteiger partial charge on any atom is -0.489 e. The fourth-order valence-corrected chi connectivity index (χ4v) is 4.21. The summed E-state index contributed by atoms with van der Waals surface area (Å²) in [7, 11) is 1.74. The Balaban J connectivity index is 1.62. The molecule has 1 saturated heterocycles. The van der Waals surface area contributed by atoms with Crippen LogP contribution in [0.25, 0.3) is 33.4 Å². The molecule has 0 aliphatic carbocycles. The maximum atomic E-state index is 14.7. The number of nitrogens with zero attached hydrogens (tertiary/aromatic N) is 4. The fraction of sp³-hybridized carbons (Fsp3) is 0.231. The SMILES string of the molecule is CNc1nc(-c2cccnc2)nc2c(OCCN3CCCC3=O)cc(-c3ccc(F)cc3F)cc12. The van der Waals surface area contributed by atoms with E-state index in [1.807, 2.05) is 6.07 Å². The molecule has 0 saturated carbocycles. The molecule has 0 unspecified atom stereocenters. The smallest absolute Gasteiger partial charge is 0.222 e. The van der Waals surface area contributed by atoms with Crippen LogP contribution in [0.2, 0.25) is 0 Å². The summed E-state index contributed by atoms with van der Waals surface area (Å²) in [6.07, 6.45) is 4.73. The zero-order valence-corrected chi connectivity index (χ0v) is 19.1. The standard InChI is InChI=1S/C26H23F2N5O2/c1-29-26-20-12-17(19-7-6-18(27)14-21(19)28)13-22(35-11-10-33-9-3-5-23(33)34)24(20)31-25(32-26)16-4-2-8-30-15-16/h2,4,6-8,12-15H,3,5,9-11H2,1H3,(H,29,31,32). The second-order valence-electron chi connectivity index (χ2n) is 8.22. The van der Waals surface area contributed by atoms with Crippen molar-refractivity contribution in [2.45, 2.75) is 12.8 Å². The van der Waals surface area contributed by atoms with Gasteiger partial charge in [0.1, 0.15) is 35.3 Å². The molecular weight excluding hydrogens is 452 g/mol. The first-order chi connectivity index (χ1) is 17.0. The van der Waals surface area contributed by atoms with E-state index in [4.69, 9.17) is 9.72 Å². The molecule has 2 aromatic carbocycles. The van der Waals surface area contributed by atoms with Crippen molar-refractivity contribution in [1.82, 2.24) is 19.9 Å². The number of nitrogens with one attached hydrogen (secondary N) is 1. The zero-order chi connectivity index (χ0) is 24.4. The van der Waals surface area contributed by atoms with Gasteiger partial charge in [0, 0.05) is 55.0 Å². The number of aromatic nitrogens is 3. The molecule has 1 aliphatic heterocycles. The maximum absolute atomic E-state index is 14.7. The third-order valence-electron chi connectivity index (χ3n) is 5.95. The second-order valence-corrected chi connectivity index (χ2v) is 8.22. The lowest BCUT2D eigenvalue weighted by Gasteiger charge is -2.18. The molecule has 0 atom stereocenters. The van der Waals surface area contributed by atoms with Crippen LogP contribution in [0.15, 0.2) is 54.9 Å². The van der Waals surface area contributed by atoms with E-state index < -0.39 is 11.6 Å². The normalized spacial score (nSPS) is 13.5. The van der Waals surface area contributed by atoms with Crippen molar-refractivity contribution in [2.75, 3.05) is 32.1 Å².